The molecule has 2 atom stereocenters. The number of aryl methyl sites for hydroxylation is 2. The van der Waals surface area contributed by atoms with Crippen LogP contribution in [-0.2, 0) is 6.42 Å². The molecule has 16 heavy (non-hydrogen) atoms. The van der Waals surface area contributed by atoms with Gasteiger partial charge in [0.15, 0.2) is 0 Å². The van der Waals surface area contributed by atoms with Gasteiger partial charge in [0.2, 0.25) is 0 Å². The zero-order chi connectivity index (χ0) is 11.5. The minimum atomic E-state index is 0.422. The zero-order valence-corrected chi connectivity index (χ0v) is 11.2. The zero-order valence-electron chi connectivity index (χ0n) is 9.68. The van der Waals surface area contributed by atoms with Gasteiger partial charge in [-0.15, -0.1) is 11.6 Å². The molecule has 1 saturated carbocycles. The third kappa shape index (κ3) is 3.40. The van der Waals surface area contributed by atoms with Crippen molar-refractivity contribution in [3.05, 3.63) is 34.3 Å². The Kier molecular flexibility index (Phi) is 4.16. The lowest BCUT2D eigenvalue weighted by molar-refractivity contribution is 0.504. The fraction of sp³-hybridized carbons (Fsp3) is 0.571. The van der Waals surface area contributed by atoms with E-state index in [0.29, 0.717) is 5.38 Å². The predicted octanol–water partition coefficient (Wildman–Crippen LogP) is 4.99. The monoisotopic (exact) mass is 256 g/mol. The molecule has 2 unspecified atom stereocenters. The molecule has 1 aliphatic carbocycles. The Morgan fingerprint density at radius 3 is 2.69 bits per heavy atom. The van der Waals surface area contributed by atoms with Gasteiger partial charge in [0.05, 0.1) is 0 Å². The van der Waals surface area contributed by atoms with Gasteiger partial charge < -0.3 is 0 Å². The second-order valence-electron chi connectivity index (χ2n) is 4.95. The fourth-order valence-corrected chi connectivity index (χ4v) is 3.29. The Morgan fingerprint density at radius 1 is 1.25 bits per heavy atom. The molecular formula is C14H18Cl2. The van der Waals surface area contributed by atoms with Gasteiger partial charge in [0, 0.05) is 10.4 Å². The molecule has 0 heterocycles. The molecule has 1 fully saturated rings. The number of alkyl halides is 1. The van der Waals surface area contributed by atoms with Crippen LogP contribution in [0.4, 0.5) is 0 Å². The van der Waals surface area contributed by atoms with Crippen molar-refractivity contribution in [2.45, 2.75) is 44.4 Å². The largest absolute Gasteiger partial charge is 0.123 e. The quantitative estimate of drug-likeness (QED) is 0.669. The van der Waals surface area contributed by atoms with E-state index in [2.05, 4.69) is 19.1 Å². The van der Waals surface area contributed by atoms with Crippen LogP contribution in [0.25, 0.3) is 0 Å². The van der Waals surface area contributed by atoms with E-state index in [9.17, 15) is 0 Å². The summed E-state index contributed by atoms with van der Waals surface area (Å²) in [6, 6.07) is 6.33. The van der Waals surface area contributed by atoms with E-state index < -0.39 is 0 Å². The normalized spacial score (nSPS) is 24.9. The highest BCUT2D eigenvalue weighted by molar-refractivity contribution is 6.30. The molecule has 0 saturated heterocycles. The molecule has 0 amide bonds. The van der Waals surface area contributed by atoms with E-state index in [1.54, 1.807) is 0 Å². The number of hydrogen-bond acceptors (Lipinski definition) is 0. The molecule has 0 N–H and O–H groups in total. The van der Waals surface area contributed by atoms with Crippen LogP contribution in [0.2, 0.25) is 5.02 Å². The lowest BCUT2D eigenvalue weighted by atomic mass is 9.97. The molecule has 2 rings (SSSR count). The molecular weight excluding hydrogens is 239 g/mol. The summed E-state index contributed by atoms with van der Waals surface area (Å²) in [4.78, 5) is 0. The average molecular weight is 257 g/mol. The summed E-state index contributed by atoms with van der Waals surface area (Å²) < 4.78 is 0. The van der Waals surface area contributed by atoms with Gasteiger partial charge in [0.1, 0.15) is 0 Å². The van der Waals surface area contributed by atoms with Gasteiger partial charge in [-0.25, -0.2) is 0 Å². The minimum absolute atomic E-state index is 0.422. The number of benzene rings is 1. The highest BCUT2D eigenvalue weighted by Gasteiger charge is 2.22. The smallest absolute Gasteiger partial charge is 0.0411 e. The first-order valence-electron chi connectivity index (χ1n) is 6.03. The van der Waals surface area contributed by atoms with Gasteiger partial charge in [-0.2, -0.15) is 0 Å². The summed E-state index contributed by atoms with van der Waals surface area (Å²) in [6.07, 6.45) is 6.08. The fourth-order valence-electron chi connectivity index (χ4n) is 2.60. The molecule has 2 heteroatoms. The Morgan fingerprint density at radius 2 is 2.06 bits per heavy atom. The molecule has 0 aliphatic heterocycles. The molecule has 88 valence electrons. The van der Waals surface area contributed by atoms with E-state index in [0.717, 1.165) is 17.4 Å². The third-order valence-electron chi connectivity index (χ3n) is 3.42. The van der Waals surface area contributed by atoms with Crippen LogP contribution in [0.3, 0.4) is 0 Å². The lowest BCUT2D eigenvalue weighted by Gasteiger charge is -2.09. The summed E-state index contributed by atoms with van der Waals surface area (Å²) in [7, 11) is 0. The second kappa shape index (κ2) is 5.42. The van der Waals surface area contributed by atoms with Gasteiger partial charge in [-0.1, -0.05) is 17.7 Å². The van der Waals surface area contributed by atoms with Crippen molar-refractivity contribution in [1.29, 1.82) is 0 Å². The number of rotatable bonds is 3. The summed E-state index contributed by atoms with van der Waals surface area (Å²) in [5.41, 5.74) is 2.62. The third-order valence-corrected chi connectivity index (χ3v) is 4.04. The van der Waals surface area contributed by atoms with Crippen LogP contribution in [0.5, 0.6) is 0 Å². The Balaban J connectivity index is 1.89. The topological polar surface area (TPSA) is 0 Å². The standard InChI is InChI=1S/C14H18Cl2/c1-10-6-12(9-14(16)7-10)3-2-11-4-5-13(15)8-11/h6-7,9,11,13H,2-5,8H2,1H3. The van der Waals surface area contributed by atoms with Crippen molar-refractivity contribution in [2.75, 3.05) is 0 Å². The summed E-state index contributed by atoms with van der Waals surface area (Å²) in [6.45, 7) is 2.10. The van der Waals surface area contributed by atoms with E-state index in [-0.39, 0.29) is 0 Å². The lowest BCUT2D eigenvalue weighted by Crippen LogP contribution is -1.98. The predicted molar refractivity (Wildman–Crippen MR) is 71.5 cm³/mol. The molecule has 0 nitrogen and oxygen atoms in total. The van der Waals surface area contributed by atoms with Crippen LogP contribution in [0, 0.1) is 12.8 Å². The van der Waals surface area contributed by atoms with Crippen LogP contribution in [-0.4, -0.2) is 5.38 Å². The van der Waals surface area contributed by atoms with E-state index >= 15 is 0 Å². The maximum atomic E-state index is 6.12. The Labute approximate surface area is 108 Å². The summed E-state index contributed by atoms with van der Waals surface area (Å²) >= 11 is 12.2. The van der Waals surface area contributed by atoms with Crippen molar-refractivity contribution < 1.29 is 0 Å². The number of halogens is 2. The molecule has 0 aromatic heterocycles. The molecule has 0 radical (unpaired) electrons. The minimum Gasteiger partial charge on any atom is -0.123 e. The second-order valence-corrected chi connectivity index (χ2v) is 6.01. The SMILES string of the molecule is Cc1cc(Cl)cc(CCC2CCC(Cl)C2)c1. The van der Waals surface area contributed by atoms with Crippen molar-refractivity contribution >= 4 is 23.2 Å². The first-order valence-corrected chi connectivity index (χ1v) is 6.85. The van der Waals surface area contributed by atoms with Crippen molar-refractivity contribution in [3.63, 3.8) is 0 Å². The van der Waals surface area contributed by atoms with E-state index in [4.69, 9.17) is 23.2 Å². The van der Waals surface area contributed by atoms with Gasteiger partial charge >= 0.3 is 0 Å². The highest BCUT2D eigenvalue weighted by Crippen LogP contribution is 2.32. The molecule has 1 aliphatic rings. The van der Waals surface area contributed by atoms with Crippen molar-refractivity contribution in [1.82, 2.24) is 0 Å². The maximum absolute atomic E-state index is 6.12. The Bertz CT molecular complexity index is 340. The van der Waals surface area contributed by atoms with Gasteiger partial charge in [0.25, 0.3) is 0 Å². The highest BCUT2D eigenvalue weighted by atomic mass is 35.5. The first-order chi connectivity index (χ1) is 7.63. The number of hydrogen-bond donors (Lipinski definition) is 0. The van der Waals surface area contributed by atoms with Gasteiger partial charge in [-0.3, -0.25) is 0 Å². The molecule has 1 aromatic carbocycles. The molecule has 0 spiro atoms. The van der Waals surface area contributed by atoms with Gasteiger partial charge in [-0.05, 0) is 68.2 Å². The summed E-state index contributed by atoms with van der Waals surface area (Å²) in [5, 5.41) is 1.28. The van der Waals surface area contributed by atoms with Crippen LogP contribution >= 0.6 is 23.2 Å². The molecule has 0 bridgehead atoms. The first kappa shape index (κ1) is 12.3. The Hall–Kier alpha value is -0.200. The van der Waals surface area contributed by atoms with Crippen LogP contribution in [0.15, 0.2) is 18.2 Å². The molecule has 1 aromatic rings. The van der Waals surface area contributed by atoms with E-state index in [1.165, 1.54) is 36.8 Å². The van der Waals surface area contributed by atoms with Crippen molar-refractivity contribution in [3.8, 4) is 0 Å². The van der Waals surface area contributed by atoms with E-state index in [1.807, 2.05) is 6.07 Å². The maximum Gasteiger partial charge on any atom is 0.0411 e. The average Bonchev–Trinajstić information content (AvgIpc) is 2.60. The summed E-state index contributed by atoms with van der Waals surface area (Å²) in [5.74, 6) is 0.821. The van der Waals surface area contributed by atoms with Crippen LogP contribution in [0.1, 0.15) is 36.8 Å². The van der Waals surface area contributed by atoms with Crippen molar-refractivity contribution in [2.24, 2.45) is 5.92 Å². The van der Waals surface area contributed by atoms with Crippen LogP contribution < -0.4 is 0 Å².